The first kappa shape index (κ1) is 14.4. The van der Waals surface area contributed by atoms with Gasteiger partial charge in [-0.3, -0.25) is 0 Å². The van der Waals surface area contributed by atoms with Crippen molar-refractivity contribution in [1.82, 2.24) is 0 Å². The van der Waals surface area contributed by atoms with Crippen molar-refractivity contribution in [2.75, 3.05) is 6.61 Å². The second-order valence-corrected chi connectivity index (χ2v) is 6.26. The molecule has 2 nitrogen and oxygen atoms in total. The van der Waals surface area contributed by atoms with Crippen LogP contribution in [0.15, 0.2) is 30.3 Å². The molecule has 1 atom stereocenters. The quantitative estimate of drug-likeness (QED) is 0.925. The number of aryl methyl sites for hydroxylation is 2. The van der Waals surface area contributed by atoms with Crippen molar-refractivity contribution in [3.05, 3.63) is 63.2 Å². The van der Waals surface area contributed by atoms with E-state index in [4.69, 9.17) is 22.1 Å². The maximum absolute atomic E-state index is 6.44. The van der Waals surface area contributed by atoms with Crippen molar-refractivity contribution in [3.8, 4) is 5.75 Å². The summed E-state index contributed by atoms with van der Waals surface area (Å²) in [6.07, 6.45) is 1.68. The molecule has 0 saturated carbocycles. The molecule has 0 bridgehead atoms. The van der Waals surface area contributed by atoms with Crippen LogP contribution in [0.25, 0.3) is 0 Å². The fourth-order valence-electron chi connectivity index (χ4n) is 3.00. The number of benzene rings is 2. The Morgan fingerprint density at radius 1 is 1.24 bits per heavy atom. The van der Waals surface area contributed by atoms with Crippen molar-refractivity contribution < 1.29 is 4.74 Å². The Morgan fingerprint density at radius 3 is 2.86 bits per heavy atom. The zero-order chi connectivity index (χ0) is 15.0. The van der Waals surface area contributed by atoms with Gasteiger partial charge in [0.05, 0.1) is 6.61 Å². The highest BCUT2D eigenvalue weighted by atomic mass is 35.5. The molecule has 1 heterocycles. The molecular weight excluding hydrogens is 282 g/mol. The Labute approximate surface area is 130 Å². The molecule has 110 valence electrons. The van der Waals surface area contributed by atoms with Gasteiger partial charge in [0, 0.05) is 17.5 Å². The summed E-state index contributed by atoms with van der Waals surface area (Å²) in [6.45, 7) is 4.94. The molecule has 21 heavy (non-hydrogen) atoms. The molecule has 3 rings (SSSR count). The van der Waals surface area contributed by atoms with Gasteiger partial charge in [-0.25, -0.2) is 0 Å². The van der Waals surface area contributed by atoms with E-state index in [0.717, 1.165) is 35.8 Å². The van der Waals surface area contributed by atoms with Gasteiger partial charge < -0.3 is 10.5 Å². The normalized spacial score (nSPS) is 14.7. The zero-order valence-corrected chi connectivity index (χ0v) is 13.2. The molecule has 0 saturated heterocycles. The highest BCUT2D eigenvalue weighted by Crippen LogP contribution is 2.35. The van der Waals surface area contributed by atoms with Gasteiger partial charge in [0.25, 0.3) is 0 Å². The van der Waals surface area contributed by atoms with Gasteiger partial charge >= 0.3 is 0 Å². The van der Waals surface area contributed by atoms with Crippen molar-refractivity contribution >= 4 is 11.6 Å². The molecule has 0 aliphatic carbocycles. The third-order valence-electron chi connectivity index (χ3n) is 4.10. The lowest BCUT2D eigenvalue weighted by atomic mass is 9.93. The Hall–Kier alpha value is -1.51. The molecule has 1 aliphatic heterocycles. The molecule has 3 heteroatoms. The van der Waals surface area contributed by atoms with E-state index >= 15 is 0 Å². The van der Waals surface area contributed by atoms with Crippen molar-refractivity contribution in [2.45, 2.75) is 32.7 Å². The van der Waals surface area contributed by atoms with E-state index in [0.29, 0.717) is 0 Å². The van der Waals surface area contributed by atoms with Crippen LogP contribution in [0.4, 0.5) is 0 Å². The summed E-state index contributed by atoms with van der Waals surface area (Å²) in [7, 11) is 0. The van der Waals surface area contributed by atoms with Crippen LogP contribution in [0.2, 0.25) is 5.02 Å². The third kappa shape index (κ3) is 2.92. The third-order valence-corrected chi connectivity index (χ3v) is 4.32. The van der Waals surface area contributed by atoms with Crippen molar-refractivity contribution in [2.24, 2.45) is 5.73 Å². The van der Waals surface area contributed by atoms with E-state index in [1.165, 1.54) is 22.3 Å². The first-order chi connectivity index (χ1) is 10.0. The van der Waals surface area contributed by atoms with E-state index < -0.39 is 0 Å². The van der Waals surface area contributed by atoms with Crippen LogP contribution in [-0.4, -0.2) is 6.61 Å². The van der Waals surface area contributed by atoms with Crippen LogP contribution < -0.4 is 10.5 Å². The molecule has 1 unspecified atom stereocenters. The Bertz CT molecular complexity index is 681. The van der Waals surface area contributed by atoms with E-state index in [-0.39, 0.29) is 6.04 Å². The van der Waals surface area contributed by atoms with Crippen LogP contribution in [0.5, 0.6) is 5.75 Å². The smallest absolute Gasteiger partial charge is 0.125 e. The Morgan fingerprint density at radius 2 is 2.05 bits per heavy atom. The first-order valence-electron chi connectivity index (χ1n) is 7.31. The first-order valence-corrected chi connectivity index (χ1v) is 7.69. The highest BCUT2D eigenvalue weighted by Gasteiger charge is 2.20. The average Bonchev–Trinajstić information content (AvgIpc) is 2.89. The summed E-state index contributed by atoms with van der Waals surface area (Å²) >= 11 is 6.22. The van der Waals surface area contributed by atoms with Crippen LogP contribution in [0.1, 0.15) is 33.9 Å². The number of ether oxygens (including phenoxy) is 1. The van der Waals surface area contributed by atoms with Gasteiger partial charge in [-0.15, -0.1) is 0 Å². The summed E-state index contributed by atoms with van der Waals surface area (Å²) in [5, 5.41) is 0.766. The summed E-state index contributed by atoms with van der Waals surface area (Å²) in [5.74, 6) is 0.986. The van der Waals surface area contributed by atoms with Crippen LogP contribution in [0, 0.1) is 13.8 Å². The lowest BCUT2D eigenvalue weighted by Gasteiger charge is -2.17. The molecule has 2 N–H and O–H groups in total. The van der Waals surface area contributed by atoms with Gasteiger partial charge in [0.2, 0.25) is 0 Å². The standard InChI is InChI=1S/C18H20ClNO/c1-11-3-4-12(2)16(7-11)17(20)10-14-9-15(19)8-13-5-6-21-18(13)14/h3-4,7-9,17H,5-6,10,20H2,1-2H3. The molecule has 2 aromatic rings. The SMILES string of the molecule is Cc1ccc(C)c(C(N)Cc2cc(Cl)cc3c2OCC3)c1. The summed E-state index contributed by atoms with van der Waals surface area (Å²) < 4.78 is 5.76. The van der Waals surface area contributed by atoms with Crippen molar-refractivity contribution in [3.63, 3.8) is 0 Å². The lowest BCUT2D eigenvalue weighted by Crippen LogP contribution is -2.15. The van der Waals surface area contributed by atoms with Crippen molar-refractivity contribution in [1.29, 1.82) is 0 Å². The monoisotopic (exact) mass is 301 g/mol. The second kappa shape index (κ2) is 5.70. The minimum atomic E-state index is -0.0448. The van der Waals surface area contributed by atoms with E-state index in [1.54, 1.807) is 0 Å². The number of fused-ring (bicyclic) bond motifs is 1. The Balaban J connectivity index is 1.92. The molecule has 1 aliphatic rings. The largest absolute Gasteiger partial charge is 0.493 e. The van der Waals surface area contributed by atoms with Gasteiger partial charge in [-0.05, 0) is 54.7 Å². The van der Waals surface area contributed by atoms with E-state index in [2.05, 4.69) is 32.0 Å². The Kier molecular flexibility index (Phi) is 3.92. The summed E-state index contributed by atoms with van der Waals surface area (Å²) in [4.78, 5) is 0. The fraction of sp³-hybridized carbons (Fsp3) is 0.333. The number of hydrogen-bond donors (Lipinski definition) is 1. The minimum absolute atomic E-state index is 0.0448. The van der Waals surface area contributed by atoms with Crippen LogP contribution in [-0.2, 0) is 12.8 Å². The second-order valence-electron chi connectivity index (χ2n) is 5.82. The molecule has 0 aromatic heterocycles. The van der Waals surface area contributed by atoms with Crippen LogP contribution in [0.3, 0.4) is 0 Å². The lowest BCUT2D eigenvalue weighted by molar-refractivity contribution is 0.352. The summed E-state index contributed by atoms with van der Waals surface area (Å²) in [6, 6.07) is 10.4. The van der Waals surface area contributed by atoms with E-state index in [1.807, 2.05) is 12.1 Å². The zero-order valence-electron chi connectivity index (χ0n) is 12.4. The average molecular weight is 302 g/mol. The summed E-state index contributed by atoms with van der Waals surface area (Å²) in [5.41, 5.74) is 12.4. The van der Waals surface area contributed by atoms with Gasteiger partial charge in [-0.2, -0.15) is 0 Å². The number of nitrogens with two attached hydrogens (primary N) is 1. The number of halogens is 1. The molecule has 2 aromatic carbocycles. The predicted molar refractivity (Wildman–Crippen MR) is 87.2 cm³/mol. The van der Waals surface area contributed by atoms with Gasteiger partial charge in [0.1, 0.15) is 5.75 Å². The number of rotatable bonds is 3. The molecule has 0 fully saturated rings. The minimum Gasteiger partial charge on any atom is -0.493 e. The maximum atomic E-state index is 6.44. The maximum Gasteiger partial charge on any atom is 0.125 e. The fourth-order valence-corrected chi connectivity index (χ4v) is 3.27. The molecule has 0 radical (unpaired) electrons. The highest BCUT2D eigenvalue weighted by molar-refractivity contribution is 6.30. The van der Waals surface area contributed by atoms with Gasteiger partial charge in [-0.1, -0.05) is 35.4 Å². The van der Waals surface area contributed by atoms with E-state index in [9.17, 15) is 0 Å². The molecule has 0 spiro atoms. The topological polar surface area (TPSA) is 35.2 Å². The molecule has 0 amide bonds. The van der Waals surface area contributed by atoms with Gasteiger partial charge in [0.15, 0.2) is 0 Å². The predicted octanol–water partition coefficient (Wildman–Crippen LogP) is 4.13. The number of hydrogen-bond acceptors (Lipinski definition) is 2. The van der Waals surface area contributed by atoms with Crippen LogP contribution >= 0.6 is 11.6 Å². The molecular formula is C18H20ClNO.